The van der Waals surface area contributed by atoms with Crippen molar-refractivity contribution >= 4 is 12.1 Å². The molecule has 0 unspecified atom stereocenters. The van der Waals surface area contributed by atoms with Crippen LogP contribution in [0.4, 0.5) is 4.79 Å². The molecule has 6 nitrogen and oxygen atoms in total. The van der Waals surface area contributed by atoms with E-state index in [0.717, 1.165) is 19.3 Å². The highest BCUT2D eigenvalue weighted by atomic mass is 16.6. The number of hydrogen-bond donors (Lipinski definition) is 1. The molecule has 1 N–H and O–H groups in total. The van der Waals surface area contributed by atoms with Gasteiger partial charge >= 0.3 is 12.1 Å². The number of carboxylic acid groups (broad SMARTS) is 1. The van der Waals surface area contributed by atoms with E-state index in [4.69, 9.17) is 14.6 Å². The molecule has 0 aromatic heterocycles. The van der Waals surface area contributed by atoms with Crippen molar-refractivity contribution < 1.29 is 24.2 Å². The van der Waals surface area contributed by atoms with Crippen LogP contribution in [0.15, 0.2) is 0 Å². The lowest BCUT2D eigenvalue weighted by molar-refractivity contribution is -0.138. The molecular weight excluding hydrogens is 274 g/mol. The summed E-state index contributed by atoms with van der Waals surface area (Å²) in [4.78, 5) is 24.5. The lowest BCUT2D eigenvalue weighted by Gasteiger charge is -2.39. The van der Waals surface area contributed by atoms with E-state index in [0.29, 0.717) is 19.7 Å². The Labute approximate surface area is 125 Å². The molecule has 2 saturated heterocycles. The van der Waals surface area contributed by atoms with Crippen molar-refractivity contribution in [2.75, 3.05) is 19.7 Å². The summed E-state index contributed by atoms with van der Waals surface area (Å²) in [6, 6.07) is 0. The number of aliphatic carboxylic acids is 1. The van der Waals surface area contributed by atoms with E-state index in [9.17, 15) is 9.59 Å². The average molecular weight is 299 g/mol. The summed E-state index contributed by atoms with van der Waals surface area (Å²) < 4.78 is 11.3. The van der Waals surface area contributed by atoms with Gasteiger partial charge in [0.1, 0.15) is 5.60 Å². The van der Waals surface area contributed by atoms with E-state index in [2.05, 4.69) is 0 Å². The normalized spacial score (nSPS) is 25.1. The van der Waals surface area contributed by atoms with Gasteiger partial charge in [0, 0.05) is 13.1 Å². The monoisotopic (exact) mass is 299 g/mol. The Bertz CT molecular complexity index is 407. The van der Waals surface area contributed by atoms with Crippen molar-refractivity contribution in [3.8, 4) is 0 Å². The molecule has 0 bridgehead atoms. The topological polar surface area (TPSA) is 76.1 Å². The van der Waals surface area contributed by atoms with Gasteiger partial charge in [-0.3, -0.25) is 4.79 Å². The highest BCUT2D eigenvalue weighted by Gasteiger charge is 2.44. The van der Waals surface area contributed by atoms with Crippen LogP contribution in [0, 0.1) is 5.92 Å². The first kappa shape index (κ1) is 16.1. The number of ether oxygens (including phenoxy) is 2. The van der Waals surface area contributed by atoms with Crippen molar-refractivity contribution in [1.82, 2.24) is 4.90 Å². The zero-order chi connectivity index (χ0) is 15.7. The molecule has 0 aromatic carbocycles. The summed E-state index contributed by atoms with van der Waals surface area (Å²) in [6.07, 6.45) is 2.17. The number of likely N-dealkylation sites (tertiary alicyclic amines) is 1. The van der Waals surface area contributed by atoms with Crippen LogP contribution in [-0.2, 0) is 14.3 Å². The third-order valence-corrected chi connectivity index (χ3v) is 4.08. The molecule has 2 heterocycles. The van der Waals surface area contributed by atoms with Crippen molar-refractivity contribution in [3.05, 3.63) is 0 Å². The standard InChI is InChI=1S/C15H25NO5/c1-14(2,3)21-13(19)16-6-4-15(5-7-16)9-11(10-20-15)8-12(17)18/h11H,4-10H2,1-3H3,(H,17,18)/t11-/m0/s1. The third kappa shape index (κ3) is 4.33. The van der Waals surface area contributed by atoms with Gasteiger partial charge in [0.2, 0.25) is 0 Å². The number of rotatable bonds is 2. The fourth-order valence-corrected chi connectivity index (χ4v) is 3.09. The zero-order valence-electron chi connectivity index (χ0n) is 13.1. The minimum atomic E-state index is -0.771. The number of piperidine rings is 1. The summed E-state index contributed by atoms with van der Waals surface area (Å²) in [7, 11) is 0. The molecule has 1 spiro atoms. The number of carboxylic acids is 1. The quantitative estimate of drug-likeness (QED) is 0.846. The Hall–Kier alpha value is -1.30. The van der Waals surface area contributed by atoms with E-state index in [1.807, 2.05) is 20.8 Å². The van der Waals surface area contributed by atoms with Crippen LogP contribution in [0.5, 0.6) is 0 Å². The first-order chi connectivity index (χ1) is 9.69. The first-order valence-electron chi connectivity index (χ1n) is 7.53. The molecule has 120 valence electrons. The lowest BCUT2D eigenvalue weighted by atomic mass is 9.84. The van der Waals surface area contributed by atoms with E-state index in [-0.39, 0.29) is 24.0 Å². The van der Waals surface area contributed by atoms with Gasteiger partial charge in [-0.25, -0.2) is 4.79 Å². The summed E-state index contributed by atoms with van der Waals surface area (Å²) in [5.74, 6) is -0.678. The average Bonchev–Trinajstić information content (AvgIpc) is 2.70. The van der Waals surface area contributed by atoms with Crippen molar-refractivity contribution in [1.29, 1.82) is 0 Å². The van der Waals surface area contributed by atoms with Gasteiger partial charge in [0.25, 0.3) is 0 Å². The molecule has 0 aromatic rings. The Balaban J connectivity index is 1.83. The summed E-state index contributed by atoms with van der Waals surface area (Å²) in [6.45, 7) is 7.29. The lowest BCUT2D eigenvalue weighted by Crippen LogP contribution is -2.47. The van der Waals surface area contributed by atoms with Gasteiger partial charge in [-0.1, -0.05) is 0 Å². The molecule has 2 aliphatic rings. The molecule has 1 amide bonds. The minimum absolute atomic E-state index is 0.0931. The summed E-state index contributed by atoms with van der Waals surface area (Å²) in [5.41, 5.74) is -0.721. The van der Waals surface area contributed by atoms with Crippen LogP contribution >= 0.6 is 0 Å². The second kappa shape index (κ2) is 5.83. The highest BCUT2D eigenvalue weighted by Crippen LogP contribution is 2.39. The van der Waals surface area contributed by atoms with Crippen molar-refractivity contribution in [3.63, 3.8) is 0 Å². The number of carbonyl (C=O) groups is 2. The van der Waals surface area contributed by atoms with Crippen molar-refractivity contribution in [2.24, 2.45) is 5.92 Å². The molecule has 2 rings (SSSR count). The number of amides is 1. The SMILES string of the molecule is CC(C)(C)OC(=O)N1CCC2(CC1)C[C@H](CC(=O)O)CO2. The molecular formula is C15H25NO5. The minimum Gasteiger partial charge on any atom is -0.481 e. The Kier molecular flexibility index (Phi) is 4.46. The van der Waals surface area contributed by atoms with Gasteiger partial charge in [-0.15, -0.1) is 0 Å². The van der Waals surface area contributed by atoms with E-state index >= 15 is 0 Å². The Morgan fingerprint density at radius 1 is 1.33 bits per heavy atom. The summed E-state index contributed by atoms with van der Waals surface area (Å²) >= 11 is 0. The largest absolute Gasteiger partial charge is 0.481 e. The first-order valence-corrected chi connectivity index (χ1v) is 7.53. The van der Waals surface area contributed by atoms with Gasteiger partial charge < -0.3 is 19.5 Å². The molecule has 21 heavy (non-hydrogen) atoms. The molecule has 2 aliphatic heterocycles. The van der Waals surface area contributed by atoms with Gasteiger partial charge in [-0.05, 0) is 46.0 Å². The molecule has 0 radical (unpaired) electrons. The second-order valence-corrected chi connectivity index (χ2v) is 7.13. The zero-order valence-corrected chi connectivity index (χ0v) is 13.1. The van der Waals surface area contributed by atoms with Crippen LogP contribution in [-0.4, -0.2) is 53.0 Å². The maximum absolute atomic E-state index is 12.0. The molecule has 6 heteroatoms. The van der Waals surface area contributed by atoms with Crippen LogP contribution in [0.2, 0.25) is 0 Å². The second-order valence-electron chi connectivity index (χ2n) is 7.13. The fourth-order valence-electron chi connectivity index (χ4n) is 3.09. The maximum atomic E-state index is 12.0. The number of hydrogen-bond acceptors (Lipinski definition) is 4. The Morgan fingerprint density at radius 2 is 1.95 bits per heavy atom. The van der Waals surface area contributed by atoms with E-state index in [1.165, 1.54) is 0 Å². The predicted molar refractivity (Wildman–Crippen MR) is 76.1 cm³/mol. The van der Waals surface area contributed by atoms with Crippen LogP contribution in [0.25, 0.3) is 0 Å². The molecule has 1 atom stereocenters. The van der Waals surface area contributed by atoms with Gasteiger partial charge in [-0.2, -0.15) is 0 Å². The van der Waals surface area contributed by atoms with Gasteiger partial charge in [0.15, 0.2) is 0 Å². The van der Waals surface area contributed by atoms with E-state index in [1.54, 1.807) is 4.90 Å². The molecule has 0 aliphatic carbocycles. The maximum Gasteiger partial charge on any atom is 0.410 e. The summed E-state index contributed by atoms with van der Waals surface area (Å²) in [5, 5.41) is 8.86. The smallest absolute Gasteiger partial charge is 0.410 e. The van der Waals surface area contributed by atoms with Crippen LogP contribution in [0.1, 0.15) is 46.5 Å². The molecule has 0 saturated carbocycles. The number of carbonyl (C=O) groups excluding carboxylic acids is 1. The van der Waals surface area contributed by atoms with E-state index < -0.39 is 11.6 Å². The molecule has 2 fully saturated rings. The highest BCUT2D eigenvalue weighted by molar-refractivity contribution is 5.68. The van der Waals surface area contributed by atoms with Crippen LogP contribution < -0.4 is 0 Å². The fraction of sp³-hybridized carbons (Fsp3) is 0.867. The van der Waals surface area contributed by atoms with Crippen LogP contribution in [0.3, 0.4) is 0 Å². The third-order valence-electron chi connectivity index (χ3n) is 4.08. The van der Waals surface area contributed by atoms with Gasteiger partial charge in [0.05, 0.1) is 18.6 Å². The number of nitrogens with zero attached hydrogens (tertiary/aromatic N) is 1. The van der Waals surface area contributed by atoms with Crippen molar-refractivity contribution in [2.45, 2.75) is 57.7 Å². The Morgan fingerprint density at radius 3 is 2.48 bits per heavy atom. The predicted octanol–water partition coefficient (Wildman–Crippen LogP) is 2.27.